The predicted octanol–water partition coefficient (Wildman–Crippen LogP) is 3.52. The van der Waals surface area contributed by atoms with Gasteiger partial charge < -0.3 is 5.32 Å². The Balaban J connectivity index is 2.72. The largest absolute Gasteiger partial charge is 0.306 e. The van der Waals surface area contributed by atoms with Crippen LogP contribution in [0.25, 0.3) is 0 Å². The number of benzene rings is 1. The van der Waals surface area contributed by atoms with Gasteiger partial charge in [-0.05, 0) is 24.6 Å². The smallest absolute Gasteiger partial charge is 0.126 e. The Labute approximate surface area is 96.3 Å². The van der Waals surface area contributed by atoms with Crippen molar-refractivity contribution >= 4 is 15.9 Å². The van der Waals surface area contributed by atoms with E-state index in [2.05, 4.69) is 27.8 Å². The third-order valence-electron chi connectivity index (χ3n) is 1.98. The number of rotatable bonds is 4. The van der Waals surface area contributed by atoms with E-state index in [1.807, 2.05) is 6.92 Å². The Morgan fingerprint density at radius 1 is 1.40 bits per heavy atom. The lowest BCUT2D eigenvalue weighted by atomic mass is 10.1. The molecule has 1 unspecified atom stereocenters. The molecule has 0 radical (unpaired) electrons. The fourth-order valence-corrected chi connectivity index (χ4v) is 1.37. The maximum Gasteiger partial charge on any atom is 0.126 e. The highest BCUT2D eigenvalue weighted by Gasteiger charge is 2.07. The van der Waals surface area contributed by atoms with Gasteiger partial charge in [0.25, 0.3) is 0 Å². The van der Waals surface area contributed by atoms with Crippen LogP contribution in [0.3, 0.4) is 0 Å². The van der Waals surface area contributed by atoms with Crippen LogP contribution in [-0.2, 0) is 0 Å². The monoisotopic (exact) mass is 275 g/mol. The van der Waals surface area contributed by atoms with E-state index in [9.17, 15) is 8.78 Å². The van der Waals surface area contributed by atoms with Gasteiger partial charge in [0.2, 0.25) is 0 Å². The van der Waals surface area contributed by atoms with Gasteiger partial charge in [-0.2, -0.15) is 0 Å². The topological polar surface area (TPSA) is 12.0 Å². The van der Waals surface area contributed by atoms with E-state index >= 15 is 0 Å². The molecule has 0 saturated heterocycles. The van der Waals surface area contributed by atoms with Crippen LogP contribution in [-0.4, -0.2) is 6.54 Å². The summed E-state index contributed by atoms with van der Waals surface area (Å²) < 4.78 is 26.6. The van der Waals surface area contributed by atoms with Crippen molar-refractivity contribution in [3.8, 4) is 0 Å². The summed E-state index contributed by atoms with van der Waals surface area (Å²) in [6, 6.07) is 3.37. The zero-order chi connectivity index (χ0) is 11.4. The first-order valence-electron chi connectivity index (χ1n) is 4.51. The standard InChI is InChI=1S/C11H12BrF2N/c1-7(12)6-15-8(2)9-3-10(13)5-11(14)4-9/h3-5,8,15H,1,6H2,2H3. The van der Waals surface area contributed by atoms with Gasteiger partial charge in [-0.3, -0.25) is 0 Å². The molecule has 1 rings (SSSR count). The van der Waals surface area contributed by atoms with Gasteiger partial charge in [0.05, 0.1) is 0 Å². The van der Waals surface area contributed by atoms with Gasteiger partial charge in [-0.15, -0.1) is 0 Å². The highest BCUT2D eigenvalue weighted by atomic mass is 79.9. The Morgan fingerprint density at radius 2 is 1.93 bits per heavy atom. The summed E-state index contributed by atoms with van der Waals surface area (Å²) in [7, 11) is 0. The summed E-state index contributed by atoms with van der Waals surface area (Å²) in [4.78, 5) is 0. The van der Waals surface area contributed by atoms with E-state index in [4.69, 9.17) is 0 Å². The highest BCUT2D eigenvalue weighted by molar-refractivity contribution is 9.11. The molecular formula is C11H12BrF2N. The average Bonchev–Trinajstić information content (AvgIpc) is 2.12. The van der Waals surface area contributed by atoms with Crippen LogP contribution in [0.2, 0.25) is 0 Å². The summed E-state index contributed by atoms with van der Waals surface area (Å²) in [6.45, 7) is 6.05. The molecule has 0 aliphatic carbocycles. The maximum atomic E-state index is 12.9. The molecule has 0 amide bonds. The van der Waals surface area contributed by atoms with Crippen LogP contribution in [0.5, 0.6) is 0 Å². The number of hydrogen-bond acceptors (Lipinski definition) is 1. The molecule has 0 saturated carbocycles. The van der Waals surface area contributed by atoms with Crippen molar-refractivity contribution in [2.45, 2.75) is 13.0 Å². The van der Waals surface area contributed by atoms with E-state index in [0.717, 1.165) is 10.5 Å². The molecule has 0 fully saturated rings. The van der Waals surface area contributed by atoms with Crippen LogP contribution < -0.4 is 5.32 Å². The first kappa shape index (κ1) is 12.3. The molecule has 1 aromatic carbocycles. The van der Waals surface area contributed by atoms with Crippen molar-refractivity contribution in [2.24, 2.45) is 0 Å². The second-order valence-electron chi connectivity index (χ2n) is 3.32. The van der Waals surface area contributed by atoms with Crippen LogP contribution in [0, 0.1) is 11.6 Å². The van der Waals surface area contributed by atoms with Gasteiger partial charge in [0, 0.05) is 23.1 Å². The van der Waals surface area contributed by atoms with Crippen LogP contribution in [0.4, 0.5) is 8.78 Å². The molecule has 0 bridgehead atoms. The van der Waals surface area contributed by atoms with Crippen molar-refractivity contribution < 1.29 is 8.78 Å². The minimum Gasteiger partial charge on any atom is -0.306 e. The number of nitrogens with one attached hydrogen (secondary N) is 1. The molecule has 0 aliphatic rings. The highest BCUT2D eigenvalue weighted by Crippen LogP contribution is 2.16. The third kappa shape index (κ3) is 4.10. The lowest BCUT2D eigenvalue weighted by Crippen LogP contribution is -2.19. The quantitative estimate of drug-likeness (QED) is 0.887. The number of hydrogen-bond donors (Lipinski definition) is 1. The SMILES string of the molecule is C=C(Br)CNC(C)c1cc(F)cc(F)c1. The first-order valence-corrected chi connectivity index (χ1v) is 5.31. The predicted molar refractivity (Wildman–Crippen MR) is 60.8 cm³/mol. The lowest BCUT2D eigenvalue weighted by molar-refractivity contribution is 0.560. The van der Waals surface area contributed by atoms with E-state index in [-0.39, 0.29) is 6.04 Å². The summed E-state index contributed by atoms with van der Waals surface area (Å²) in [5, 5.41) is 3.07. The molecule has 1 nitrogen and oxygen atoms in total. The van der Waals surface area contributed by atoms with Gasteiger partial charge in [-0.1, -0.05) is 22.5 Å². The Hall–Kier alpha value is -0.740. The Kier molecular flexibility index (Phi) is 4.42. The fraction of sp³-hybridized carbons (Fsp3) is 0.273. The minimum atomic E-state index is -0.559. The van der Waals surface area contributed by atoms with E-state index in [1.54, 1.807) is 0 Å². The van der Waals surface area contributed by atoms with Crippen molar-refractivity contribution in [2.75, 3.05) is 6.54 Å². The molecule has 82 valence electrons. The summed E-state index contributed by atoms with van der Waals surface area (Å²) in [5.41, 5.74) is 0.584. The molecule has 1 aromatic rings. The van der Waals surface area contributed by atoms with E-state index in [1.165, 1.54) is 12.1 Å². The van der Waals surface area contributed by atoms with Crippen molar-refractivity contribution in [3.05, 3.63) is 46.5 Å². The summed E-state index contributed by atoms with van der Waals surface area (Å²) in [6.07, 6.45) is 0. The zero-order valence-corrected chi connectivity index (χ0v) is 9.94. The van der Waals surface area contributed by atoms with Gasteiger partial charge in [0.15, 0.2) is 0 Å². The third-order valence-corrected chi connectivity index (χ3v) is 2.27. The molecule has 0 spiro atoms. The molecule has 4 heteroatoms. The molecule has 15 heavy (non-hydrogen) atoms. The number of halogens is 3. The molecule has 0 aliphatic heterocycles. The van der Waals surface area contributed by atoms with Crippen LogP contribution in [0.1, 0.15) is 18.5 Å². The normalized spacial score (nSPS) is 12.5. The zero-order valence-electron chi connectivity index (χ0n) is 8.36. The second kappa shape index (κ2) is 5.37. The van der Waals surface area contributed by atoms with E-state index in [0.29, 0.717) is 12.1 Å². The maximum absolute atomic E-state index is 12.9. The summed E-state index contributed by atoms with van der Waals surface area (Å²) in [5.74, 6) is -1.12. The Bertz CT molecular complexity index is 345. The lowest BCUT2D eigenvalue weighted by Gasteiger charge is -2.13. The minimum absolute atomic E-state index is 0.121. The van der Waals surface area contributed by atoms with Gasteiger partial charge in [-0.25, -0.2) is 8.78 Å². The first-order chi connectivity index (χ1) is 6.99. The Morgan fingerprint density at radius 3 is 2.40 bits per heavy atom. The molecule has 0 aromatic heterocycles. The fourth-order valence-electron chi connectivity index (χ4n) is 1.21. The van der Waals surface area contributed by atoms with Gasteiger partial charge in [0.1, 0.15) is 11.6 Å². The van der Waals surface area contributed by atoms with Gasteiger partial charge >= 0.3 is 0 Å². The van der Waals surface area contributed by atoms with Crippen LogP contribution in [0.15, 0.2) is 29.3 Å². The molecule has 0 heterocycles. The van der Waals surface area contributed by atoms with Crippen molar-refractivity contribution in [1.29, 1.82) is 0 Å². The van der Waals surface area contributed by atoms with Crippen molar-refractivity contribution in [3.63, 3.8) is 0 Å². The summed E-state index contributed by atoms with van der Waals surface area (Å²) >= 11 is 3.20. The second-order valence-corrected chi connectivity index (χ2v) is 4.44. The van der Waals surface area contributed by atoms with Crippen molar-refractivity contribution in [1.82, 2.24) is 5.32 Å². The molecular weight excluding hydrogens is 264 g/mol. The van der Waals surface area contributed by atoms with Crippen LogP contribution >= 0.6 is 15.9 Å². The molecule has 1 atom stereocenters. The van der Waals surface area contributed by atoms with E-state index < -0.39 is 11.6 Å². The molecule has 1 N–H and O–H groups in total. The average molecular weight is 276 g/mol.